The fraction of sp³-hybridized carbons (Fsp3) is 0.562. The van der Waals surface area contributed by atoms with Crippen molar-refractivity contribution in [1.29, 1.82) is 0 Å². The Balaban J connectivity index is 2.88. The van der Waals surface area contributed by atoms with Crippen molar-refractivity contribution in [3.8, 4) is 5.75 Å². The fourth-order valence-corrected chi connectivity index (χ4v) is 1.94. The van der Waals surface area contributed by atoms with Gasteiger partial charge in [-0.1, -0.05) is 32.0 Å². The van der Waals surface area contributed by atoms with Crippen LogP contribution in [0.4, 0.5) is 0 Å². The van der Waals surface area contributed by atoms with E-state index >= 15 is 0 Å². The van der Waals surface area contributed by atoms with Crippen LogP contribution in [0.15, 0.2) is 24.3 Å². The van der Waals surface area contributed by atoms with Gasteiger partial charge in [-0.05, 0) is 32.9 Å². The van der Waals surface area contributed by atoms with Gasteiger partial charge in [0.2, 0.25) is 0 Å². The van der Waals surface area contributed by atoms with Gasteiger partial charge in [-0.3, -0.25) is 4.79 Å². The summed E-state index contributed by atoms with van der Waals surface area (Å²) in [6, 6.07) is 8.03. The zero-order valence-corrected chi connectivity index (χ0v) is 12.8. The van der Waals surface area contributed by atoms with E-state index in [4.69, 9.17) is 9.84 Å². The molecule has 0 radical (unpaired) electrons. The lowest BCUT2D eigenvalue weighted by molar-refractivity contribution is -0.148. The second kappa shape index (κ2) is 7.29. The van der Waals surface area contributed by atoms with Gasteiger partial charge in [-0.15, -0.1) is 0 Å². The molecular formula is C16H25NO3. The molecule has 1 unspecified atom stereocenters. The minimum Gasteiger partial charge on any atom is -0.492 e. The molecule has 0 spiro atoms. The molecule has 4 nitrogen and oxygen atoms in total. The summed E-state index contributed by atoms with van der Waals surface area (Å²) in [5, 5.41) is 12.5. The molecule has 0 saturated carbocycles. The molecule has 1 atom stereocenters. The van der Waals surface area contributed by atoms with Gasteiger partial charge < -0.3 is 15.2 Å². The zero-order valence-electron chi connectivity index (χ0n) is 12.8. The quantitative estimate of drug-likeness (QED) is 0.767. The molecule has 1 rings (SSSR count). The van der Waals surface area contributed by atoms with Gasteiger partial charge in [0.25, 0.3) is 0 Å². The lowest BCUT2D eigenvalue weighted by atomic mass is 9.95. The molecule has 4 heteroatoms. The molecule has 0 amide bonds. The van der Waals surface area contributed by atoms with Crippen LogP contribution in [0.1, 0.15) is 45.7 Å². The van der Waals surface area contributed by atoms with Crippen LogP contribution in [0, 0.1) is 5.41 Å². The Morgan fingerprint density at radius 1 is 1.35 bits per heavy atom. The van der Waals surface area contributed by atoms with Crippen molar-refractivity contribution < 1.29 is 14.6 Å². The van der Waals surface area contributed by atoms with Crippen molar-refractivity contribution in [3.63, 3.8) is 0 Å². The van der Waals surface area contributed by atoms with Gasteiger partial charge in [-0.25, -0.2) is 0 Å². The summed E-state index contributed by atoms with van der Waals surface area (Å²) >= 11 is 0. The van der Waals surface area contributed by atoms with Crippen LogP contribution in [-0.2, 0) is 4.79 Å². The number of aliphatic carboxylic acids is 1. The number of para-hydroxylation sites is 1. The van der Waals surface area contributed by atoms with Crippen LogP contribution in [0.5, 0.6) is 5.75 Å². The van der Waals surface area contributed by atoms with E-state index in [1.54, 1.807) is 13.8 Å². The average molecular weight is 279 g/mol. The van der Waals surface area contributed by atoms with Crippen molar-refractivity contribution in [2.75, 3.05) is 13.2 Å². The van der Waals surface area contributed by atoms with Crippen molar-refractivity contribution >= 4 is 5.97 Å². The molecule has 20 heavy (non-hydrogen) atoms. The van der Waals surface area contributed by atoms with Gasteiger partial charge in [0.1, 0.15) is 12.4 Å². The summed E-state index contributed by atoms with van der Waals surface area (Å²) in [6.07, 6.45) is 0.955. The van der Waals surface area contributed by atoms with E-state index in [-0.39, 0.29) is 12.6 Å². The van der Waals surface area contributed by atoms with Crippen LogP contribution in [0.2, 0.25) is 0 Å². The molecule has 2 N–H and O–H groups in total. The van der Waals surface area contributed by atoms with Crippen molar-refractivity contribution in [2.24, 2.45) is 5.41 Å². The second-order valence-corrected chi connectivity index (χ2v) is 5.53. The molecule has 0 fully saturated rings. The summed E-state index contributed by atoms with van der Waals surface area (Å²) in [5.74, 6) is -0.0941. The SMILES string of the molecule is CCNC(CC)c1ccccc1OCC(C)(C)C(=O)O. The lowest BCUT2D eigenvalue weighted by Crippen LogP contribution is -2.31. The number of carboxylic acids is 1. The van der Waals surface area contributed by atoms with E-state index in [2.05, 4.69) is 19.2 Å². The Morgan fingerprint density at radius 2 is 2.00 bits per heavy atom. The van der Waals surface area contributed by atoms with Gasteiger partial charge in [0.05, 0.1) is 5.41 Å². The molecule has 0 heterocycles. The maximum atomic E-state index is 11.1. The normalized spacial score (nSPS) is 13.0. The molecule has 1 aromatic rings. The summed E-state index contributed by atoms with van der Waals surface area (Å²) in [5.41, 5.74) is 0.186. The van der Waals surface area contributed by atoms with Crippen molar-refractivity contribution in [1.82, 2.24) is 5.32 Å². The van der Waals surface area contributed by atoms with Crippen molar-refractivity contribution in [2.45, 2.75) is 40.2 Å². The highest BCUT2D eigenvalue weighted by Crippen LogP contribution is 2.28. The Kier molecular flexibility index (Phi) is 6.02. The first-order valence-electron chi connectivity index (χ1n) is 7.10. The fourth-order valence-electron chi connectivity index (χ4n) is 1.94. The van der Waals surface area contributed by atoms with Gasteiger partial charge in [0, 0.05) is 11.6 Å². The highest BCUT2D eigenvalue weighted by molar-refractivity contribution is 5.73. The highest BCUT2D eigenvalue weighted by atomic mass is 16.5. The Hall–Kier alpha value is -1.55. The third-order valence-corrected chi connectivity index (χ3v) is 3.32. The van der Waals surface area contributed by atoms with E-state index in [0.717, 1.165) is 24.3 Å². The Morgan fingerprint density at radius 3 is 2.55 bits per heavy atom. The van der Waals surface area contributed by atoms with E-state index in [1.807, 2.05) is 24.3 Å². The number of nitrogens with one attached hydrogen (secondary N) is 1. The smallest absolute Gasteiger partial charge is 0.312 e. The van der Waals surface area contributed by atoms with E-state index < -0.39 is 11.4 Å². The number of carbonyl (C=O) groups is 1. The predicted molar refractivity (Wildman–Crippen MR) is 80.1 cm³/mol. The molecular weight excluding hydrogens is 254 g/mol. The summed E-state index contributed by atoms with van der Waals surface area (Å²) in [7, 11) is 0. The van der Waals surface area contributed by atoms with Crippen molar-refractivity contribution in [3.05, 3.63) is 29.8 Å². The average Bonchev–Trinajstić information content (AvgIpc) is 2.43. The molecule has 0 aromatic heterocycles. The first-order chi connectivity index (χ1) is 9.42. The molecule has 0 aliphatic carbocycles. The molecule has 0 aliphatic heterocycles. The molecule has 0 saturated heterocycles. The van der Waals surface area contributed by atoms with Crippen LogP contribution in [0.25, 0.3) is 0 Å². The Bertz CT molecular complexity index is 443. The van der Waals surface area contributed by atoms with Crippen LogP contribution in [-0.4, -0.2) is 24.2 Å². The number of hydrogen-bond donors (Lipinski definition) is 2. The Labute approximate surface area is 121 Å². The first-order valence-corrected chi connectivity index (χ1v) is 7.10. The maximum Gasteiger partial charge on any atom is 0.312 e. The monoisotopic (exact) mass is 279 g/mol. The minimum atomic E-state index is -0.896. The molecule has 112 valence electrons. The summed E-state index contributed by atoms with van der Waals surface area (Å²) in [4.78, 5) is 11.1. The largest absolute Gasteiger partial charge is 0.492 e. The number of rotatable bonds is 8. The zero-order chi connectivity index (χ0) is 15.2. The predicted octanol–water partition coefficient (Wildman–Crippen LogP) is 3.24. The molecule has 0 aliphatic rings. The number of benzene rings is 1. The van der Waals surface area contributed by atoms with Gasteiger partial charge in [-0.2, -0.15) is 0 Å². The van der Waals surface area contributed by atoms with Crippen LogP contribution < -0.4 is 10.1 Å². The van der Waals surface area contributed by atoms with Crippen LogP contribution >= 0.6 is 0 Å². The third kappa shape index (κ3) is 4.23. The minimum absolute atomic E-state index is 0.155. The number of ether oxygens (including phenoxy) is 1. The first kappa shape index (κ1) is 16.5. The molecule has 1 aromatic carbocycles. The highest BCUT2D eigenvalue weighted by Gasteiger charge is 2.28. The van der Waals surface area contributed by atoms with Gasteiger partial charge >= 0.3 is 5.97 Å². The lowest BCUT2D eigenvalue weighted by Gasteiger charge is -2.23. The van der Waals surface area contributed by atoms with Crippen LogP contribution in [0.3, 0.4) is 0 Å². The molecule has 0 bridgehead atoms. The summed E-state index contributed by atoms with van der Waals surface area (Å²) in [6.45, 7) is 8.55. The number of carboxylic acid groups (broad SMARTS) is 1. The van der Waals surface area contributed by atoms with E-state index in [1.165, 1.54) is 0 Å². The van der Waals surface area contributed by atoms with Gasteiger partial charge in [0.15, 0.2) is 0 Å². The van der Waals surface area contributed by atoms with E-state index in [0.29, 0.717) is 0 Å². The third-order valence-electron chi connectivity index (χ3n) is 3.32. The maximum absolute atomic E-state index is 11.1. The summed E-state index contributed by atoms with van der Waals surface area (Å²) < 4.78 is 5.77. The number of hydrogen-bond acceptors (Lipinski definition) is 3. The van der Waals surface area contributed by atoms with E-state index in [9.17, 15) is 4.79 Å². The second-order valence-electron chi connectivity index (χ2n) is 5.53. The standard InChI is InChI=1S/C16H25NO3/c1-5-13(17-6-2)12-9-7-8-10-14(12)20-11-16(3,4)15(18)19/h7-10,13,17H,5-6,11H2,1-4H3,(H,18,19). The topological polar surface area (TPSA) is 58.6 Å².